The van der Waals surface area contributed by atoms with Gasteiger partial charge >= 0.3 is 0 Å². The van der Waals surface area contributed by atoms with Crippen molar-refractivity contribution in [2.45, 2.75) is 0 Å². The molecule has 2 aromatic carbocycles. The molecule has 0 heterocycles. The molecule has 0 atom stereocenters. The van der Waals surface area contributed by atoms with Gasteiger partial charge in [0.2, 0.25) is 0 Å². The second kappa shape index (κ2) is 7.50. The van der Waals surface area contributed by atoms with Crippen LogP contribution in [-0.2, 0) is 0 Å². The molecule has 1 amide bonds. The molecule has 0 bridgehead atoms. The highest BCUT2D eigenvalue weighted by Crippen LogP contribution is 2.33. The first-order chi connectivity index (χ1) is 10.1. The second-order valence-corrected chi connectivity index (χ2v) is 5.62. The number of nitrogens with one attached hydrogen (secondary N) is 1. The number of thioether (sulfide) groups is 1. The van der Waals surface area contributed by atoms with Crippen molar-refractivity contribution < 1.29 is 4.79 Å². The number of hydrogen-bond donors (Lipinski definition) is 1. The third-order valence-electron chi connectivity index (χ3n) is 2.60. The minimum atomic E-state index is -0.230. The minimum absolute atomic E-state index is 0.230. The Morgan fingerprint density at radius 1 is 1.05 bits per heavy atom. The highest BCUT2D eigenvalue weighted by atomic mass is 35.5. The van der Waals surface area contributed by atoms with E-state index in [4.69, 9.17) is 23.2 Å². The maximum Gasteiger partial charge on any atom is 0.257 e. The van der Waals surface area contributed by atoms with Crippen molar-refractivity contribution in [1.29, 1.82) is 0 Å². The minimum Gasteiger partial charge on any atom is -0.301 e. The van der Waals surface area contributed by atoms with Crippen LogP contribution in [-0.4, -0.2) is 17.3 Å². The van der Waals surface area contributed by atoms with Crippen molar-refractivity contribution in [3.63, 3.8) is 0 Å². The van der Waals surface area contributed by atoms with Crippen LogP contribution in [0.3, 0.4) is 0 Å². The summed E-state index contributed by atoms with van der Waals surface area (Å²) in [5, 5.41) is 4.04. The van der Waals surface area contributed by atoms with Gasteiger partial charge in [-0.25, -0.2) is 4.99 Å². The van der Waals surface area contributed by atoms with Crippen LogP contribution in [0, 0.1) is 0 Å². The molecule has 0 aliphatic rings. The van der Waals surface area contributed by atoms with Gasteiger partial charge in [0.1, 0.15) is 5.69 Å². The smallest absolute Gasteiger partial charge is 0.257 e. The lowest BCUT2D eigenvalue weighted by Gasteiger charge is -2.08. The summed E-state index contributed by atoms with van der Waals surface area (Å²) in [5.74, 6) is -0.230. The summed E-state index contributed by atoms with van der Waals surface area (Å²) in [5.41, 5.74) is 1.00. The van der Waals surface area contributed by atoms with Crippen LogP contribution < -0.4 is 5.32 Å². The third kappa shape index (κ3) is 4.24. The molecule has 2 rings (SSSR count). The molecule has 0 fully saturated rings. The van der Waals surface area contributed by atoms with E-state index in [2.05, 4.69) is 10.3 Å². The van der Waals surface area contributed by atoms with Gasteiger partial charge < -0.3 is 5.32 Å². The monoisotopic (exact) mass is 338 g/mol. The van der Waals surface area contributed by atoms with Crippen LogP contribution in [0.5, 0.6) is 0 Å². The first-order valence-corrected chi connectivity index (χ1v) is 8.03. The average molecular weight is 339 g/mol. The Kier molecular flexibility index (Phi) is 5.67. The van der Waals surface area contributed by atoms with E-state index in [1.54, 1.807) is 42.5 Å². The molecule has 0 aromatic heterocycles. The summed E-state index contributed by atoms with van der Waals surface area (Å²) in [6.45, 7) is 0. The van der Waals surface area contributed by atoms with Gasteiger partial charge in [0.15, 0.2) is 5.17 Å². The van der Waals surface area contributed by atoms with Crippen LogP contribution in [0.25, 0.3) is 0 Å². The van der Waals surface area contributed by atoms with Crippen molar-refractivity contribution in [3.8, 4) is 0 Å². The summed E-state index contributed by atoms with van der Waals surface area (Å²) in [6.07, 6.45) is 1.81. The number of amides is 1. The number of para-hydroxylation sites is 1. The predicted molar refractivity (Wildman–Crippen MR) is 91.0 cm³/mol. The zero-order chi connectivity index (χ0) is 15.2. The SMILES string of the molecule is CSC(=Nc1c(Cl)cccc1Cl)NC(=O)c1ccccc1. The molecule has 0 spiro atoms. The fourth-order valence-corrected chi connectivity index (χ4v) is 2.44. The summed E-state index contributed by atoms with van der Waals surface area (Å²) in [6, 6.07) is 14.1. The molecule has 6 heteroatoms. The van der Waals surface area contributed by atoms with Crippen molar-refractivity contribution in [1.82, 2.24) is 5.32 Å². The highest BCUT2D eigenvalue weighted by Gasteiger charge is 2.10. The van der Waals surface area contributed by atoms with E-state index in [-0.39, 0.29) is 5.91 Å². The summed E-state index contributed by atoms with van der Waals surface area (Å²) in [7, 11) is 0. The largest absolute Gasteiger partial charge is 0.301 e. The summed E-state index contributed by atoms with van der Waals surface area (Å²) in [4.78, 5) is 16.4. The van der Waals surface area contributed by atoms with Crippen molar-refractivity contribution >= 4 is 51.7 Å². The van der Waals surface area contributed by atoms with Crippen molar-refractivity contribution in [2.75, 3.05) is 6.26 Å². The lowest BCUT2D eigenvalue weighted by atomic mass is 10.2. The first-order valence-electron chi connectivity index (χ1n) is 6.05. The molecule has 0 aliphatic carbocycles. The van der Waals surface area contributed by atoms with Crippen LogP contribution in [0.4, 0.5) is 5.69 Å². The number of aliphatic imine (C=N–C) groups is 1. The number of benzene rings is 2. The number of hydrogen-bond acceptors (Lipinski definition) is 3. The third-order valence-corrected chi connectivity index (χ3v) is 3.79. The molecular weight excluding hydrogens is 327 g/mol. The fourth-order valence-electron chi connectivity index (χ4n) is 1.58. The summed E-state index contributed by atoms with van der Waals surface area (Å²) < 4.78 is 0. The van der Waals surface area contributed by atoms with E-state index in [0.29, 0.717) is 26.5 Å². The van der Waals surface area contributed by atoms with Crippen LogP contribution in [0.15, 0.2) is 53.5 Å². The molecule has 0 aliphatic heterocycles. The van der Waals surface area contributed by atoms with E-state index in [1.807, 2.05) is 12.3 Å². The Bertz CT molecular complexity index is 654. The normalized spacial score (nSPS) is 11.3. The topological polar surface area (TPSA) is 41.5 Å². The Balaban J connectivity index is 2.24. The van der Waals surface area contributed by atoms with E-state index >= 15 is 0 Å². The number of halogens is 2. The molecular formula is C15H12Cl2N2OS. The van der Waals surface area contributed by atoms with Gasteiger partial charge in [0.05, 0.1) is 10.0 Å². The maximum atomic E-state index is 12.1. The molecule has 0 saturated carbocycles. The zero-order valence-corrected chi connectivity index (χ0v) is 13.5. The van der Waals surface area contributed by atoms with Crippen molar-refractivity contribution in [2.24, 2.45) is 4.99 Å². The van der Waals surface area contributed by atoms with Crippen LogP contribution in [0.1, 0.15) is 10.4 Å². The highest BCUT2D eigenvalue weighted by molar-refractivity contribution is 8.13. The van der Waals surface area contributed by atoms with Crippen LogP contribution in [0.2, 0.25) is 10.0 Å². The standard InChI is InChI=1S/C15H12Cl2N2OS/c1-21-15(18-13-11(16)8-5-9-12(13)17)19-14(20)10-6-3-2-4-7-10/h2-9H,1H3,(H,18,19,20). The molecule has 21 heavy (non-hydrogen) atoms. The number of nitrogens with zero attached hydrogens (tertiary/aromatic N) is 1. The first kappa shape index (κ1) is 15.9. The Morgan fingerprint density at radius 2 is 1.67 bits per heavy atom. The van der Waals surface area contributed by atoms with E-state index in [0.717, 1.165) is 0 Å². The predicted octanol–water partition coefficient (Wildman–Crippen LogP) is 4.77. The Hall–Kier alpha value is -1.49. The quantitative estimate of drug-likeness (QED) is 0.632. The Morgan fingerprint density at radius 3 is 2.24 bits per heavy atom. The van der Waals surface area contributed by atoms with Gasteiger partial charge in [-0.2, -0.15) is 0 Å². The molecule has 1 N–H and O–H groups in total. The molecule has 0 saturated heterocycles. The number of rotatable bonds is 2. The van der Waals surface area contributed by atoms with Gasteiger partial charge in [-0.15, -0.1) is 0 Å². The van der Waals surface area contributed by atoms with E-state index in [1.165, 1.54) is 11.8 Å². The number of amidine groups is 1. The summed E-state index contributed by atoms with van der Waals surface area (Å²) >= 11 is 13.4. The van der Waals surface area contributed by atoms with Gasteiger partial charge in [0.25, 0.3) is 5.91 Å². The maximum absolute atomic E-state index is 12.1. The molecule has 2 aromatic rings. The number of carbonyl (C=O) groups is 1. The van der Waals surface area contributed by atoms with Crippen LogP contribution >= 0.6 is 35.0 Å². The van der Waals surface area contributed by atoms with Gasteiger partial charge in [-0.05, 0) is 30.5 Å². The van der Waals surface area contributed by atoms with Gasteiger partial charge in [-0.1, -0.05) is 59.2 Å². The lowest BCUT2D eigenvalue weighted by Crippen LogP contribution is -2.28. The Labute approximate surface area is 137 Å². The fraction of sp³-hybridized carbons (Fsp3) is 0.0667. The number of carbonyl (C=O) groups excluding carboxylic acids is 1. The van der Waals surface area contributed by atoms with Crippen molar-refractivity contribution in [3.05, 3.63) is 64.1 Å². The molecule has 0 radical (unpaired) electrons. The molecule has 0 unspecified atom stereocenters. The average Bonchev–Trinajstić information content (AvgIpc) is 2.50. The lowest BCUT2D eigenvalue weighted by molar-refractivity contribution is 0.0978. The second-order valence-electron chi connectivity index (χ2n) is 4.01. The molecule has 3 nitrogen and oxygen atoms in total. The van der Waals surface area contributed by atoms with Gasteiger partial charge in [0, 0.05) is 5.56 Å². The zero-order valence-electron chi connectivity index (χ0n) is 11.1. The van der Waals surface area contributed by atoms with E-state index < -0.39 is 0 Å². The molecule has 108 valence electrons. The van der Waals surface area contributed by atoms with E-state index in [9.17, 15) is 4.79 Å². The van der Waals surface area contributed by atoms with Gasteiger partial charge in [-0.3, -0.25) is 4.79 Å².